The smallest absolute Gasteiger partial charge is 0.460 e. The van der Waals surface area contributed by atoms with Crippen LogP contribution in [0.1, 0.15) is 85.0 Å². The van der Waals surface area contributed by atoms with Gasteiger partial charge < -0.3 is 3.79 Å². The van der Waals surface area contributed by atoms with Crippen LogP contribution in [0.3, 0.4) is 0 Å². The second-order valence-electron chi connectivity index (χ2n) is 5.49. The molecule has 0 aliphatic carbocycles. The lowest BCUT2D eigenvalue weighted by Crippen LogP contribution is -2.15. The normalized spacial score (nSPS) is 10.8. The molecule has 0 saturated carbocycles. The Balaban J connectivity index is 3.03. The lowest BCUT2D eigenvalue weighted by Gasteiger charge is -2.09. The predicted octanol–water partition coefficient (Wildman–Crippen LogP) is 5.96. The maximum atomic E-state index is 5.95. The zero-order valence-electron chi connectivity index (χ0n) is 13.2. The van der Waals surface area contributed by atoms with Crippen LogP contribution in [-0.2, 0) is 3.79 Å². The van der Waals surface area contributed by atoms with Crippen molar-refractivity contribution >= 4 is 14.5 Å². The summed E-state index contributed by atoms with van der Waals surface area (Å²) in [6, 6.07) is 0. The molecule has 108 valence electrons. The molecule has 0 spiro atoms. The van der Waals surface area contributed by atoms with Gasteiger partial charge in [-0.25, -0.2) is 0 Å². The van der Waals surface area contributed by atoms with Gasteiger partial charge in [0.15, 0.2) is 0 Å². The molecule has 0 aromatic rings. The van der Waals surface area contributed by atoms with Crippen LogP contribution < -0.4 is 0 Å². The van der Waals surface area contributed by atoms with Crippen molar-refractivity contribution in [3.8, 4) is 0 Å². The van der Waals surface area contributed by atoms with E-state index in [1.54, 1.807) is 0 Å². The minimum atomic E-state index is -0.773. The Morgan fingerprint density at radius 1 is 0.611 bits per heavy atom. The Morgan fingerprint density at radius 3 is 1.50 bits per heavy atom. The lowest BCUT2D eigenvalue weighted by molar-refractivity contribution is 0.305. The second kappa shape index (κ2) is 15.5. The van der Waals surface area contributed by atoms with E-state index in [1.807, 2.05) is 0 Å². The third-order valence-corrected chi connectivity index (χ3v) is 6.29. The molecule has 0 aliphatic heterocycles. The van der Waals surface area contributed by atoms with Gasteiger partial charge in [-0.3, -0.25) is 0 Å². The van der Waals surface area contributed by atoms with Crippen LogP contribution in [0.5, 0.6) is 0 Å². The molecule has 0 unspecified atom stereocenters. The van der Waals surface area contributed by atoms with Gasteiger partial charge in [-0.2, -0.15) is 0 Å². The van der Waals surface area contributed by atoms with Gasteiger partial charge in [-0.15, -0.1) is 0 Å². The molecule has 0 rings (SSSR count). The van der Waals surface area contributed by atoms with Crippen LogP contribution >= 0.6 is 0 Å². The highest BCUT2D eigenvalue weighted by Crippen LogP contribution is 2.11. The Morgan fingerprint density at radius 2 is 1.06 bits per heavy atom. The van der Waals surface area contributed by atoms with E-state index in [4.69, 9.17) is 3.79 Å². The number of hydrogen-bond donors (Lipinski definition) is 0. The average Bonchev–Trinajstić information content (AvgIpc) is 2.40. The average molecular weight is 270 g/mol. The molecule has 0 saturated heterocycles. The summed E-state index contributed by atoms with van der Waals surface area (Å²) in [6.07, 6.45) is 14.1. The first-order valence-electron chi connectivity index (χ1n) is 8.46. The molecule has 1 nitrogen and oxygen atoms in total. The van der Waals surface area contributed by atoms with Gasteiger partial charge in [-0.05, 0) is 6.42 Å². The third kappa shape index (κ3) is 12.9. The first-order valence-corrected chi connectivity index (χ1v) is 10.6. The van der Waals surface area contributed by atoms with Crippen molar-refractivity contribution in [1.82, 2.24) is 0 Å². The summed E-state index contributed by atoms with van der Waals surface area (Å²) in [7, 11) is 0. The van der Waals surface area contributed by atoms with E-state index in [9.17, 15) is 0 Å². The highest BCUT2D eigenvalue weighted by atomic mass is 27.2. The van der Waals surface area contributed by atoms with E-state index >= 15 is 0 Å². The fraction of sp³-hybridized carbons (Fsp3) is 1.00. The molecule has 0 amide bonds. The summed E-state index contributed by atoms with van der Waals surface area (Å²) in [5, 5.41) is 2.60. The number of unbranched alkanes of at least 4 members (excludes halogenated alkanes) is 9. The van der Waals surface area contributed by atoms with Crippen LogP contribution in [0.2, 0.25) is 10.6 Å². The van der Waals surface area contributed by atoms with Crippen molar-refractivity contribution in [2.24, 2.45) is 0 Å². The summed E-state index contributed by atoms with van der Waals surface area (Å²) in [5.41, 5.74) is 0. The lowest BCUT2D eigenvalue weighted by atomic mass is 10.1. The van der Waals surface area contributed by atoms with E-state index in [1.165, 1.54) is 74.8 Å². The van der Waals surface area contributed by atoms with Crippen LogP contribution in [0.25, 0.3) is 0 Å². The van der Waals surface area contributed by atoms with Crippen LogP contribution in [0, 0.1) is 0 Å². The minimum Gasteiger partial charge on any atom is -0.501 e. The SMILES string of the molecule is CCCCCCCCCCCC[O][Al]([CH2]C)[CH2]C. The summed E-state index contributed by atoms with van der Waals surface area (Å²) in [5.74, 6) is 0. The monoisotopic (exact) mass is 270 g/mol. The highest BCUT2D eigenvalue weighted by Gasteiger charge is 2.13. The maximum Gasteiger partial charge on any atom is 0.460 e. The van der Waals surface area contributed by atoms with Crippen LogP contribution in [0.4, 0.5) is 0 Å². The zero-order chi connectivity index (χ0) is 13.5. The Labute approximate surface area is 120 Å². The van der Waals surface area contributed by atoms with Gasteiger partial charge in [0.25, 0.3) is 0 Å². The first kappa shape index (κ1) is 18.5. The van der Waals surface area contributed by atoms with Crippen LogP contribution in [0.15, 0.2) is 0 Å². The molecule has 0 N–H and O–H groups in total. The molecule has 0 fully saturated rings. The molecule has 2 heteroatoms. The van der Waals surface area contributed by atoms with E-state index < -0.39 is 14.5 Å². The second-order valence-corrected chi connectivity index (χ2v) is 8.70. The number of rotatable bonds is 14. The van der Waals surface area contributed by atoms with Gasteiger partial charge in [0.1, 0.15) is 0 Å². The van der Waals surface area contributed by atoms with Gasteiger partial charge in [0, 0.05) is 6.61 Å². The molecule has 0 heterocycles. The molecular formula is C16H35AlO. The van der Waals surface area contributed by atoms with Gasteiger partial charge in [-0.1, -0.05) is 89.1 Å². The summed E-state index contributed by atoms with van der Waals surface area (Å²) in [4.78, 5) is 0. The molecule has 0 atom stereocenters. The summed E-state index contributed by atoms with van der Waals surface area (Å²) < 4.78 is 5.95. The standard InChI is InChI=1S/C12H25O.2C2H5.Al/c1-2-3-4-5-6-7-8-9-10-11-12-13;2*1-2;/h2-12H2,1H3;2*1H2,2H3;/q-1;;;+1. The van der Waals surface area contributed by atoms with Crippen molar-refractivity contribution in [3.63, 3.8) is 0 Å². The zero-order valence-corrected chi connectivity index (χ0v) is 14.3. The van der Waals surface area contributed by atoms with E-state index in [-0.39, 0.29) is 0 Å². The molecule has 0 bridgehead atoms. The summed E-state index contributed by atoms with van der Waals surface area (Å²) >= 11 is -0.773. The fourth-order valence-corrected chi connectivity index (χ4v) is 3.91. The van der Waals surface area contributed by atoms with Crippen molar-refractivity contribution in [2.75, 3.05) is 6.61 Å². The Kier molecular flexibility index (Phi) is 16.0. The molecule has 0 aliphatic rings. The minimum absolute atomic E-state index is 0.773. The van der Waals surface area contributed by atoms with Crippen molar-refractivity contribution in [3.05, 3.63) is 0 Å². The van der Waals surface area contributed by atoms with Gasteiger partial charge in [0.05, 0.1) is 0 Å². The summed E-state index contributed by atoms with van der Waals surface area (Å²) in [6.45, 7) is 7.87. The van der Waals surface area contributed by atoms with Gasteiger partial charge >= 0.3 is 14.5 Å². The predicted molar refractivity (Wildman–Crippen MR) is 84.5 cm³/mol. The molecule has 0 radical (unpaired) electrons. The van der Waals surface area contributed by atoms with Crippen molar-refractivity contribution in [2.45, 2.75) is 95.5 Å². The topological polar surface area (TPSA) is 9.23 Å². The van der Waals surface area contributed by atoms with E-state index in [0.717, 1.165) is 6.61 Å². The molecule has 0 aromatic carbocycles. The number of hydrogen-bond acceptors (Lipinski definition) is 1. The van der Waals surface area contributed by atoms with E-state index in [0.29, 0.717) is 0 Å². The molecule has 18 heavy (non-hydrogen) atoms. The highest BCUT2D eigenvalue weighted by molar-refractivity contribution is 6.51. The molecule has 0 aromatic heterocycles. The largest absolute Gasteiger partial charge is 0.501 e. The van der Waals surface area contributed by atoms with Crippen molar-refractivity contribution in [1.29, 1.82) is 0 Å². The van der Waals surface area contributed by atoms with Gasteiger partial charge in [0.2, 0.25) is 0 Å². The van der Waals surface area contributed by atoms with E-state index in [2.05, 4.69) is 20.8 Å². The maximum absolute atomic E-state index is 5.95. The third-order valence-electron chi connectivity index (χ3n) is 3.76. The van der Waals surface area contributed by atoms with Crippen LogP contribution in [-0.4, -0.2) is 21.1 Å². The van der Waals surface area contributed by atoms with Crippen molar-refractivity contribution < 1.29 is 3.79 Å². The fourth-order valence-electron chi connectivity index (χ4n) is 2.36. The first-order chi connectivity index (χ1) is 8.85. The Hall–Kier alpha value is 0.492. The quantitative estimate of drug-likeness (QED) is 0.280. The Bertz CT molecular complexity index is 146. The molecular weight excluding hydrogens is 235 g/mol.